The maximum atomic E-state index is 5.21. The zero-order valence-electron chi connectivity index (χ0n) is 12.4. The van der Waals surface area contributed by atoms with Gasteiger partial charge in [-0.1, -0.05) is 36.4 Å². The van der Waals surface area contributed by atoms with E-state index in [1.54, 1.807) is 7.11 Å². The molecule has 0 spiro atoms. The predicted octanol–water partition coefficient (Wildman–Crippen LogP) is 4.83. The van der Waals surface area contributed by atoms with E-state index < -0.39 is 0 Å². The number of para-hydroxylation sites is 1. The standard InChI is InChI=1S/C20H16NO/c1-22-16-9-6-14(7-10-16)12-15-8-11-20-18(13-15)17-4-2-3-5-19(17)21-20/h2-11,13H,12H2,1H3. The molecule has 107 valence electrons. The van der Waals surface area contributed by atoms with Crippen molar-refractivity contribution in [1.82, 2.24) is 5.32 Å². The highest BCUT2D eigenvalue weighted by Gasteiger charge is 2.19. The Hall–Kier alpha value is -2.74. The molecule has 0 amide bonds. The fourth-order valence-corrected chi connectivity index (χ4v) is 2.91. The number of hydrogen-bond donors (Lipinski definition) is 0. The Bertz CT molecular complexity index is 821. The monoisotopic (exact) mass is 286 g/mol. The quantitative estimate of drug-likeness (QED) is 0.529. The second-order valence-electron chi connectivity index (χ2n) is 5.51. The normalized spacial score (nSPS) is 11.5. The molecule has 0 aliphatic carbocycles. The fraction of sp³-hybridized carbons (Fsp3) is 0.100. The minimum atomic E-state index is 0.894. The van der Waals surface area contributed by atoms with Crippen molar-refractivity contribution in [3.8, 4) is 16.9 Å². The van der Waals surface area contributed by atoms with Crippen molar-refractivity contribution in [1.29, 1.82) is 0 Å². The van der Waals surface area contributed by atoms with E-state index in [9.17, 15) is 0 Å². The Morgan fingerprint density at radius 3 is 2.32 bits per heavy atom. The summed E-state index contributed by atoms with van der Waals surface area (Å²) in [6.07, 6.45) is 0.916. The highest BCUT2D eigenvalue weighted by molar-refractivity contribution is 5.90. The first-order chi connectivity index (χ1) is 10.8. The molecule has 2 heteroatoms. The predicted molar refractivity (Wildman–Crippen MR) is 89.1 cm³/mol. The van der Waals surface area contributed by atoms with Gasteiger partial charge in [0.2, 0.25) is 0 Å². The molecule has 2 nitrogen and oxygen atoms in total. The highest BCUT2D eigenvalue weighted by Crippen LogP contribution is 2.42. The van der Waals surface area contributed by atoms with Crippen LogP contribution in [0.1, 0.15) is 11.1 Å². The molecule has 1 aliphatic rings. The Balaban J connectivity index is 1.65. The number of methoxy groups -OCH3 is 1. The summed E-state index contributed by atoms with van der Waals surface area (Å²) in [7, 11) is 1.69. The van der Waals surface area contributed by atoms with Crippen molar-refractivity contribution in [2.45, 2.75) is 6.42 Å². The second kappa shape index (κ2) is 5.23. The van der Waals surface area contributed by atoms with Gasteiger partial charge in [0, 0.05) is 11.1 Å². The van der Waals surface area contributed by atoms with Crippen molar-refractivity contribution in [3.05, 3.63) is 77.9 Å². The van der Waals surface area contributed by atoms with E-state index in [0.29, 0.717) is 0 Å². The first kappa shape index (κ1) is 13.0. The van der Waals surface area contributed by atoms with Gasteiger partial charge < -0.3 is 4.74 Å². The van der Waals surface area contributed by atoms with Crippen molar-refractivity contribution in [2.75, 3.05) is 7.11 Å². The Morgan fingerprint density at radius 1 is 0.773 bits per heavy atom. The van der Waals surface area contributed by atoms with Gasteiger partial charge in [0.1, 0.15) is 5.75 Å². The van der Waals surface area contributed by atoms with Gasteiger partial charge in [0.25, 0.3) is 0 Å². The van der Waals surface area contributed by atoms with Crippen LogP contribution in [-0.2, 0) is 6.42 Å². The van der Waals surface area contributed by atoms with Crippen LogP contribution in [0.15, 0.2) is 66.7 Å². The minimum Gasteiger partial charge on any atom is -0.497 e. The molecular weight excluding hydrogens is 270 g/mol. The fourth-order valence-electron chi connectivity index (χ4n) is 2.91. The Labute approximate surface area is 130 Å². The zero-order valence-corrected chi connectivity index (χ0v) is 12.4. The SMILES string of the molecule is COc1ccc(Cc2ccc3c(c2)-c2ccccc2[N]3)cc1. The van der Waals surface area contributed by atoms with Crippen LogP contribution in [0, 0.1) is 0 Å². The third-order valence-electron chi connectivity index (χ3n) is 4.06. The molecule has 0 unspecified atom stereocenters. The molecule has 0 fully saturated rings. The second-order valence-corrected chi connectivity index (χ2v) is 5.51. The van der Waals surface area contributed by atoms with Gasteiger partial charge in [-0.05, 0) is 47.9 Å². The maximum absolute atomic E-state index is 5.21. The molecule has 22 heavy (non-hydrogen) atoms. The van der Waals surface area contributed by atoms with Crippen molar-refractivity contribution in [2.24, 2.45) is 0 Å². The lowest BCUT2D eigenvalue weighted by Crippen LogP contribution is -1.90. The molecule has 3 aromatic rings. The molecule has 1 aliphatic heterocycles. The van der Waals surface area contributed by atoms with Gasteiger partial charge in [-0.25, -0.2) is 5.32 Å². The number of hydrogen-bond acceptors (Lipinski definition) is 1. The van der Waals surface area contributed by atoms with E-state index in [1.807, 2.05) is 18.2 Å². The number of fused-ring (bicyclic) bond motifs is 3. The first-order valence-corrected chi connectivity index (χ1v) is 7.40. The van der Waals surface area contributed by atoms with Gasteiger partial charge in [-0.3, -0.25) is 0 Å². The molecule has 0 bridgehead atoms. The Morgan fingerprint density at radius 2 is 1.50 bits per heavy atom. The molecule has 0 atom stereocenters. The van der Waals surface area contributed by atoms with Crippen LogP contribution in [0.4, 0.5) is 11.4 Å². The largest absolute Gasteiger partial charge is 0.497 e. The highest BCUT2D eigenvalue weighted by atomic mass is 16.5. The van der Waals surface area contributed by atoms with E-state index in [-0.39, 0.29) is 0 Å². The summed E-state index contributed by atoms with van der Waals surface area (Å²) < 4.78 is 5.21. The molecule has 0 saturated carbocycles. The summed E-state index contributed by atoms with van der Waals surface area (Å²) in [5.74, 6) is 0.894. The maximum Gasteiger partial charge on any atom is 0.118 e. The van der Waals surface area contributed by atoms with E-state index in [4.69, 9.17) is 4.74 Å². The summed E-state index contributed by atoms with van der Waals surface area (Å²) >= 11 is 0. The van der Waals surface area contributed by atoms with E-state index >= 15 is 0 Å². The lowest BCUT2D eigenvalue weighted by atomic mass is 9.99. The van der Waals surface area contributed by atoms with Crippen LogP contribution in [0.25, 0.3) is 11.1 Å². The average Bonchev–Trinajstić information content (AvgIpc) is 2.94. The summed E-state index contributed by atoms with van der Waals surface area (Å²) in [5.41, 5.74) is 7.19. The number of benzene rings is 3. The smallest absolute Gasteiger partial charge is 0.118 e. The van der Waals surface area contributed by atoms with Crippen molar-refractivity contribution < 1.29 is 4.74 Å². The molecule has 0 aromatic heterocycles. The van der Waals surface area contributed by atoms with E-state index in [0.717, 1.165) is 23.5 Å². The van der Waals surface area contributed by atoms with Crippen LogP contribution in [-0.4, -0.2) is 7.11 Å². The van der Waals surface area contributed by atoms with Crippen LogP contribution in [0.2, 0.25) is 0 Å². The zero-order chi connectivity index (χ0) is 14.9. The molecule has 3 aromatic carbocycles. The van der Waals surface area contributed by atoms with E-state index in [2.05, 4.69) is 53.8 Å². The lowest BCUT2D eigenvalue weighted by molar-refractivity contribution is 0.414. The number of ether oxygens (including phenoxy) is 1. The van der Waals surface area contributed by atoms with Crippen LogP contribution < -0.4 is 10.1 Å². The minimum absolute atomic E-state index is 0.894. The topological polar surface area (TPSA) is 23.3 Å². The number of rotatable bonds is 3. The molecule has 0 N–H and O–H groups in total. The van der Waals surface area contributed by atoms with E-state index in [1.165, 1.54) is 22.3 Å². The van der Waals surface area contributed by atoms with Crippen molar-refractivity contribution in [3.63, 3.8) is 0 Å². The molecular formula is C20H16NO. The summed E-state index contributed by atoms with van der Waals surface area (Å²) in [4.78, 5) is 0. The lowest BCUT2D eigenvalue weighted by Gasteiger charge is -2.06. The average molecular weight is 286 g/mol. The summed E-state index contributed by atoms with van der Waals surface area (Å²) in [5, 5.41) is 4.67. The van der Waals surface area contributed by atoms with Crippen LogP contribution in [0.5, 0.6) is 5.75 Å². The molecule has 0 saturated heterocycles. The molecule has 1 radical (unpaired) electrons. The molecule has 4 rings (SSSR count). The van der Waals surface area contributed by atoms with Gasteiger partial charge in [-0.15, -0.1) is 0 Å². The molecule has 1 heterocycles. The van der Waals surface area contributed by atoms with Gasteiger partial charge >= 0.3 is 0 Å². The van der Waals surface area contributed by atoms with Gasteiger partial charge in [0.05, 0.1) is 18.5 Å². The van der Waals surface area contributed by atoms with Crippen LogP contribution >= 0.6 is 0 Å². The van der Waals surface area contributed by atoms with Crippen molar-refractivity contribution >= 4 is 11.4 Å². The van der Waals surface area contributed by atoms with Gasteiger partial charge in [-0.2, -0.15) is 0 Å². The van der Waals surface area contributed by atoms with Gasteiger partial charge in [0.15, 0.2) is 0 Å². The number of nitrogens with zero attached hydrogens (tertiary/aromatic N) is 1. The third kappa shape index (κ3) is 2.23. The first-order valence-electron chi connectivity index (χ1n) is 7.40. The summed E-state index contributed by atoms with van der Waals surface area (Å²) in [6, 6.07) is 23.1. The third-order valence-corrected chi connectivity index (χ3v) is 4.06. The van der Waals surface area contributed by atoms with Crippen LogP contribution in [0.3, 0.4) is 0 Å². The summed E-state index contributed by atoms with van der Waals surface area (Å²) in [6.45, 7) is 0. The Kier molecular flexibility index (Phi) is 3.08.